The third-order valence-corrected chi connectivity index (χ3v) is 13.0. The predicted molar refractivity (Wildman–Crippen MR) is 197 cm³/mol. The molecule has 2 atom stereocenters. The summed E-state index contributed by atoms with van der Waals surface area (Å²) >= 11 is 0.528. The molecule has 3 aromatic carbocycles. The zero-order valence-corrected chi connectivity index (χ0v) is 31.9. The predicted octanol–water partition coefficient (Wildman–Crippen LogP) is 0.172. The van der Waals surface area contributed by atoms with Crippen molar-refractivity contribution < 1.29 is 50.4 Å². The van der Waals surface area contributed by atoms with Gasteiger partial charge in [0.25, 0.3) is 0 Å². The van der Waals surface area contributed by atoms with E-state index in [1.165, 1.54) is 23.0 Å². The molecule has 15 heteroatoms. The third-order valence-electron chi connectivity index (χ3n) is 7.88. The van der Waals surface area contributed by atoms with Crippen LogP contribution in [0.3, 0.4) is 0 Å². The van der Waals surface area contributed by atoms with Gasteiger partial charge in [0, 0.05) is 35.1 Å². The summed E-state index contributed by atoms with van der Waals surface area (Å²) in [6.45, 7) is 1.34. The van der Waals surface area contributed by atoms with Crippen molar-refractivity contribution in [3.05, 3.63) is 95.9 Å². The van der Waals surface area contributed by atoms with Crippen molar-refractivity contribution in [2.75, 3.05) is 32.2 Å². The van der Waals surface area contributed by atoms with Crippen LogP contribution in [0.25, 0.3) is 0 Å². The first-order chi connectivity index (χ1) is 24.2. The zero-order chi connectivity index (χ0) is 36.2. The number of benzene rings is 3. The highest BCUT2D eigenvalue weighted by Gasteiger charge is 2.44. The summed E-state index contributed by atoms with van der Waals surface area (Å²) in [5.41, 5.74) is 0. The van der Waals surface area contributed by atoms with Gasteiger partial charge in [0.1, 0.15) is 41.8 Å². The number of rotatable bonds is 21. The number of methoxy groups -OCH3 is 1. The van der Waals surface area contributed by atoms with Gasteiger partial charge in [-0.1, -0.05) is 54.6 Å². The summed E-state index contributed by atoms with van der Waals surface area (Å²) in [6, 6.07) is 29.1. The molecular weight excluding hydrogens is 759 g/mol. The van der Waals surface area contributed by atoms with Crippen molar-refractivity contribution in [3.63, 3.8) is 0 Å². The Morgan fingerprint density at radius 1 is 0.765 bits per heavy atom. The van der Waals surface area contributed by atoms with Gasteiger partial charge in [0.05, 0.1) is 19.9 Å². The fraction of sp³-hybridized carbons (Fsp3) is 0.361. The summed E-state index contributed by atoms with van der Waals surface area (Å²) in [5.74, 6) is -3.22. The van der Waals surface area contributed by atoms with Gasteiger partial charge < -0.3 is 42.4 Å². The van der Waals surface area contributed by atoms with Gasteiger partial charge in [0.2, 0.25) is 17.7 Å². The Balaban J connectivity index is 0.00000901. The molecule has 3 rings (SSSR count). The van der Waals surface area contributed by atoms with Crippen molar-refractivity contribution in [1.82, 2.24) is 16.0 Å². The molecule has 0 heterocycles. The van der Waals surface area contributed by atoms with Gasteiger partial charge >= 0.3 is 11.9 Å². The molecule has 0 unspecified atom stereocenters. The van der Waals surface area contributed by atoms with Crippen LogP contribution in [-0.4, -0.2) is 73.9 Å². The molecule has 274 valence electrons. The maximum atomic E-state index is 13.1. The number of nitrogens with one attached hydrogen (secondary N) is 3. The molecule has 3 aromatic rings. The topological polar surface area (TPSA) is 169 Å². The highest BCUT2D eigenvalue weighted by Crippen LogP contribution is 2.55. The summed E-state index contributed by atoms with van der Waals surface area (Å²) in [6.07, 6.45) is 1.99. The van der Waals surface area contributed by atoms with Gasteiger partial charge in [0.15, 0.2) is 0 Å². The number of amides is 3. The standard InChI is InChI=1S/C36H43N4O8PS.BrH/c1-3-48-34(43)25-37-35(44)31(26-50-40-46)39-33(42)23-22-30(36(45)47-2)38-32(41)21-13-14-24-49(27-15-7-4-8-16-27,28-17-9-5-10-18-28)29-19-11-6-12-20-29;/h4-12,15-20,30-31H,3,13-14,21-26H2,1-2H3,(H2-,37,38,39,41,42,44);1H/t30-,31-;/m0./s1. The van der Waals surface area contributed by atoms with E-state index in [0.29, 0.717) is 18.4 Å². The van der Waals surface area contributed by atoms with E-state index in [2.05, 4.69) is 93.3 Å². The molecule has 0 aliphatic rings. The highest BCUT2D eigenvalue weighted by molar-refractivity contribution is 7.98. The number of nitrogens with zero attached hydrogens (tertiary/aromatic N) is 1. The van der Waals surface area contributed by atoms with Crippen LogP contribution in [0, 0.1) is 4.91 Å². The molecule has 0 saturated carbocycles. The van der Waals surface area contributed by atoms with E-state index in [-0.39, 0.29) is 54.5 Å². The number of esters is 2. The molecular formula is C36H44BrN4O8PS. The first-order valence-electron chi connectivity index (χ1n) is 16.3. The number of hydrogen-bond acceptors (Lipinski definition) is 10. The second kappa shape index (κ2) is 23.4. The molecule has 0 fully saturated rings. The quantitative estimate of drug-likeness (QED) is 0.0447. The fourth-order valence-corrected chi connectivity index (χ4v) is 10.4. The Bertz CT molecular complexity index is 1460. The lowest BCUT2D eigenvalue weighted by Gasteiger charge is -2.27. The molecule has 0 radical (unpaired) electrons. The van der Waals surface area contributed by atoms with Crippen LogP contribution in [0.5, 0.6) is 0 Å². The lowest BCUT2D eigenvalue weighted by molar-refractivity contribution is -0.145. The van der Waals surface area contributed by atoms with Gasteiger partial charge in [-0.05, 0) is 62.6 Å². The SMILES string of the molecule is CCOC(=O)CNC(=O)[C@H](CSN=O)NC(=O)CC[C@H](NC(=O)CCCC[P+](c1ccccc1)(c1ccccc1)c1ccccc1)C(=O)OC.[Br-]. The van der Waals surface area contributed by atoms with E-state index < -0.39 is 49.6 Å². The summed E-state index contributed by atoms with van der Waals surface area (Å²) in [4.78, 5) is 73.1. The first-order valence-corrected chi connectivity index (χ1v) is 19.3. The molecule has 0 bridgehead atoms. The van der Waals surface area contributed by atoms with Crippen LogP contribution in [0.2, 0.25) is 0 Å². The van der Waals surface area contributed by atoms with Gasteiger partial charge in [-0.2, -0.15) is 0 Å². The number of halogens is 1. The van der Waals surface area contributed by atoms with Gasteiger partial charge in [-0.3, -0.25) is 19.2 Å². The summed E-state index contributed by atoms with van der Waals surface area (Å²) in [7, 11) is -0.859. The minimum absolute atomic E-state index is 0. The van der Waals surface area contributed by atoms with Crippen molar-refractivity contribution in [2.45, 2.75) is 51.1 Å². The summed E-state index contributed by atoms with van der Waals surface area (Å²) < 4.78 is 12.3. The molecule has 12 nitrogen and oxygen atoms in total. The van der Waals surface area contributed by atoms with Crippen LogP contribution in [-0.2, 0) is 33.4 Å². The van der Waals surface area contributed by atoms with E-state index >= 15 is 0 Å². The molecule has 0 aliphatic carbocycles. The average Bonchev–Trinajstić information content (AvgIpc) is 3.15. The van der Waals surface area contributed by atoms with Crippen LogP contribution < -0.4 is 48.8 Å². The summed E-state index contributed by atoms with van der Waals surface area (Å²) in [5, 5.41) is 11.3. The minimum Gasteiger partial charge on any atom is -1.00 e. The Hall–Kier alpha value is -4.13. The Morgan fingerprint density at radius 2 is 1.27 bits per heavy atom. The average molecular weight is 804 g/mol. The normalized spacial score (nSPS) is 11.9. The monoisotopic (exact) mass is 802 g/mol. The number of hydrogen-bond donors (Lipinski definition) is 3. The van der Waals surface area contributed by atoms with E-state index in [9.17, 15) is 28.9 Å². The largest absolute Gasteiger partial charge is 1.00 e. The third kappa shape index (κ3) is 13.5. The molecule has 0 spiro atoms. The minimum atomic E-state index is -2.05. The molecule has 0 aromatic heterocycles. The smallest absolute Gasteiger partial charge is 0.328 e. The molecule has 3 N–H and O–H groups in total. The maximum Gasteiger partial charge on any atom is 0.328 e. The molecule has 51 heavy (non-hydrogen) atoms. The van der Waals surface area contributed by atoms with E-state index in [1.807, 2.05) is 18.2 Å². The number of unbranched alkanes of at least 4 members (excludes halogenated alkanes) is 1. The molecule has 0 saturated heterocycles. The zero-order valence-electron chi connectivity index (χ0n) is 28.6. The number of nitroso groups, excluding NO2 is 1. The highest BCUT2D eigenvalue weighted by atomic mass is 79.9. The second-order valence-electron chi connectivity index (χ2n) is 11.2. The molecule has 0 aliphatic heterocycles. The van der Waals surface area contributed by atoms with Crippen LogP contribution in [0.15, 0.2) is 95.6 Å². The fourth-order valence-electron chi connectivity index (χ4n) is 5.50. The van der Waals surface area contributed by atoms with Crippen LogP contribution in [0.1, 0.15) is 39.0 Å². The second-order valence-corrected chi connectivity index (χ2v) is 15.5. The Morgan fingerprint density at radius 3 is 1.76 bits per heavy atom. The van der Waals surface area contributed by atoms with E-state index in [4.69, 9.17) is 9.47 Å². The van der Waals surface area contributed by atoms with Crippen molar-refractivity contribution in [2.24, 2.45) is 4.58 Å². The van der Waals surface area contributed by atoms with Gasteiger partial charge in [-0.25, -0.2) is 4.79 Å². The number of carbonyl (C=O) groups excluding carboxylic acids is 5. The van der Waals surface area contributed by atoms with Crippen LogP contribution >= 0.6 is 19.2 Å². The maximum absolute atomic E-state index is 13.1. The van der Waals surface area contributed by atoms with Crippen LogP contribution in [0.4, 0.5) is 0 Å². The van der Waals surface area contributed by atoms with Gasteiger partial charge in [-0.15, -0.1) is 4.91 Å². The van der Waals surface area contributed by atoms with E-state index in [1.54, 1.807) is 6.92 Å². The number of ether oxygens (including phenoxy) is 2. The first kappa shape index (κ1) is 43.0. The van der Waals surface area contributed by atoms with Crippen molar-refractivity contribution in [3.8, 4) is 0 Å². The Kier molecular flexibility index (Phi) is 19.7. The lowest BCUT2D eigenvalue weighted by Crippen LogP contribution is -3.00. The van der Waals surface area contributed by atoms with Crippen molar-refractivity contribution in [1.29, 1.82) is 0 Å². The van der Waals surface area contributed by atoms with Crippen molar-refractivity contribution >= 4 is 64.8 Å². The molecule has 3 amide bonds. The lowest BCUT2D eigenvalue weighted by atomic mass is 10.1. The van der Waals surface area contributed by atoms with E-state index in [0.717, 1.165) is 12.6 Å². The Labute approximate surface area is 313 Å². The number of carbonyl (C=O) groups is 5.